The highest BCUT2D eigenvalue weighted by atomic mass is 16.2. The number of rotatable bonds is 5. The van der Waals surface area contributed by atoms with Crippen molar-refractivity contribution in [2.75, 3.05) is 7.05 Å². The molecule has 0 unspecified atom stereocenters. The smallest absolute Gasteiger partial charge is 0.227 e. The van der Waals surface area contributed by atoms with Crippen LogP contribution in [0.15, 0.2) is 66.9 Å². The van der Waals surface area contributed by atoms with E-state index in [-0.39, 0.29) is 5.91 Å². The molecule has 0 N–H and O–H groups in total. The number of aromatic nitrogens is 3. The first kappa shape index (κ1) is 18.9. The molecule has 0 radical (unpaired) electrons. The van der Waals surface area contributed by atoms with Crippen LogP contribution in [0.3, 0.4) is 0 Å². The predicted molar refractivity (Wildman–Crippen MR) is 115 cm³/mol. The SMILES string of the molecule is Cc1nn(-c2ccccc2)c(C)c1CN(C)C(=O)Cc1cccc2cccnc12. The molecule has 1 amide bonds. The molecule has 0 aliphatic carbocycles. The van der Waals surface area contributed by atoms with Crippen molar-refractivity contribution in [3.63, 3.8) is 0 Å². The number of aryl methyl sites for hydroxylation is 1. The molecule has 4 aromatic rings. The van der Waals surface area contributed by atoms with Crippen LogP contribution in [0.5, 0.6) is 0 Å². The molecule has 4 rings (SSSR count). The van der Waals surface area contributed by atoms with Gasteiger partial charge in [-0.05, 0) is 37.6 Å². The quantitative estimate of drug-likeness (QED) is 0.517. The first-order valence-corrected chi connectivity index (χ1v) is 9.71. The lowest BCUT2D eigenvalue weighted by Gasteiger charge is -2.18. The summed E-state index contributed by atoms with van der Waals surface area (Å²) in [5, 5.41) is 5.74. The number of carbonyl (C=O) groups excluding carboxylic acids is 1. The summed E-state index contributed by atoms with van der Waals surface area (Å²) in [4.78, 5) is 19.2. The van der Waals surface area contributed by atoms with Crippen molar-refractivity contribution in [2.24, 2.45) is 0 Å². The highest BCUT2D eigenvalue weighted by Crippen LogP contribution is 2.21. The summed E-state index contributed by atoms with van der Waals surface area (Å²) >= 11 is 0. The van der Waals surface area contributed by atoms with Crippen molar-refractivity contribution in [1.82, 2.24) is 19.7 Å². The maximum Gasteiger partial charge on any atom is 0.227 e. The van der Waals surface area contributed by atoms with Gasteiger partial charge in [-0.25, -0.2) is 4.68 Å². The van der Waals surface area contributed by atoms with E-state index in [2.05, 4.69) is 17.0 Å². The van der Waals surface area contributed by atoms with Gasteiger partial charge in [-0.3, -0.25) is 9.78 Å². The number of amides is 1. The Morgan fingerprint density at radius 3 is 2.55 bits per heavy atom. The lowest BCUT2D eigenvalue weighted by molar-refractivity contribution is -0.129. The van der Waals surface area contributed by atoms with Crippen LogP contribution in [0.25, 0.3) is 16.6 Å². The van der Waals surface area contributed by atoms with E-state index in [0.29, 0.717) is 13.0 Å². The van der Waals surface area contributed by atoms with Gasteiger partial charge in [0.15, 0.2) is 0 Å². The minimum atomic E-state index is 0.0643. The van der Waals surface area contributed by atoms with Crippen LogP contribution in [0.2, 0.25) is 0 Å². The average Bonchev–Trinajstić information content (AvgIpc) is 3.03. The fourth-order valence-electron chi connectivity index (χ4n) is 3.66. The second-order valence-electron chi connectivity index (χ2n) is 7.32. The van der Waals surface area contributed by atoms with Crippen LogP contribution in [0, 0.1) is 13.8 Å². The second-order valence-corrected chi connectivity index (χ2v) is 7.32. The lowest BCUT2D eigenvalue weighted by Crippen LogP contribution is -2.28. The van der Waals surface area contributed by atoms with Gasteiger partial charge in [-0.15, -0.1) is 0 Å². The summed E-state index contributed by atoms with van der Waals surface area (Å²) in [7, 11) is 1.85. The van der Waals surface area contributed by atoms with E-state index in [1.165, 1.54) is 0 Å². The van der Waals surface area contributed by atoms with Crippen molar-refractivity contribution >= 4 is 16.8 Å². The maximum atomic E-state index is 12.9. The van der Waals surface area contributed by atoms with Crippen LogP contribution in [0.4, 0.5) is 0 Å². The summed E-state index contributed by atoms with van der Waals surface area (Å²) in [6.07, 6.45) is 2.10. The molecular formula is C24H24N4O. The number of nitrogens with zero attached hydrogens (tertiary/aromatic N) is 4. The van der Waals surface area contributed by atoms with Crippen LogP contribution in [-0.2, 0) is 17.8 Å². The Hall–Kier alpha value is -3.47. The number of likely N-dealkylation sites (N-methyl/N-ethyl adjacent to an activating group) is 1. The van der Waals surface area contributed by atoms with Gasteiger partial charge in [0, 0.05) is 36.4 Å². The predicted octanol–water partition coefficient (Wildman–Crippen LogP) is 4.24. The molecule has 0 atom stereocenters. The molecule has 146 valence electrons. The van der Waals surface area contributed by atoms with Crippen LogP contribution < -0.4 is 0 Å². The number of pyridine rings is 1. The molecule has 0 spiro atoms. The molecule has 0 saturated carbocycles. The molecule has 29 heavy (non-hydrogen) atoms. The number of hydrogen-bond acceptors (Lipinski definition) is 3. The third kappa shape index (κ3) is 3.76. The normalized spacial score (nSPS) is 11.0. The van der Waals surface area contributed by atoms with Crippen LogP contribution in [0.1, 0.15) is 22.5 Å². The fourth-order valence-corrected chi connectivity index (χ4v) is 3.66. The largest absolute Gasteiger partial charge is 0.341 e. The Labute approximate surface area is 170 Å². The molecule has 0 aliphatic rings. The first-order chi connectivity index (χ1) is 14.0. The van der Waals surface area contributed by atoms with Gasteiger partial charge in [0.25, 0.3) is 0 Å². The summed E-state index contributed by atoms with van der Waals surface area (Å²) in [5.41, 5.74) is 5.95. The van der Waals surface area contributed by atoms with Gasteiger partial charge < -0.3 is 4.90 Å². The van der Waals surface area contributed by atoms with E-state index >= 15 is 0 Å². The second kappa shape index (κ2) is 7.87. The zero-order chi connectivity index (χ0) is 20.4. The zero-order valence-electron chi connectivity index (χ0n) is 17.0. The van der Waals surface area contributed by atoms with Gasteiger partial charge in [0.2, 0.25) is 5.91 Å². The topological polar surface area (TPSA) is 51.0 Å². The van der Waals surface area contributed by atoms with E-state index in [1.807, 2.05) is 79.3 Å². The highest BCUT2D eigenvalue weighted by molar-refractivity contribution is 5.87. The van der Waals surface area contributed by atoms with Crippen molar-refractivity contribution in [3.8, 4) is 5.69 Å². The number of fused-ring (bicyclic) bond motifs is 1. The van der Waals surface area contributed by atoms with Crippen LogP contribution in [-0.4, -0.2) is 32.6 Å². The fraction of sp³-hybridized carbons (Fsp3) is 0.208. The highest BCUT2D eigenvalue weighted by Gasteiger charge is 2.18. The van der Waals surface area contributed by atoms with E-state index in [4.69, 9.17) is 0 Å². The molecule has 2 aromatic heterocycles. The van der Waals surface area contributed by atoms with E-state index in [1.54, 1.807) is 11.1 Å². The number of carbonyl (C=O) groups is 1. The molecule has 2 heterocycles. The maximum absolute atomic E-state index is 12.9. The van der Waals surface area contributed by atoms with E-state index in [9.17, 15) is 4.79 Å². The standard InChI is InChI=1S/C24H24N4O/c1-17-22(18(2)28(26-17)21-12-5-4-6-13-21)16-27(3)23(29)15-20-10-7-9-19-11-8-14-25-24(19)20/h4-14H,15-16H2,1-3H3. The molecule has 0 fully saturated rings. The van der Waals surface area contributed by atoms with Crippen molar-refractivity contribution in [3.05, 3.63) is 89.4 Å². The summed E-state index contributed by atoms with van der Waals surface area (Å²) in [5.74, 6) is 0.0643. The summed E-state index contributed by atoms with van der Waals surface area (Å²) in [6, 6.07) is 20.0. The molecule has 0 saturated heterocycles. The lowest BCUT2D eigenvalue weighted by atomic mass is 10.1. The number of benzene rings is 2. The Morgan fingerprint density at radius 1 is 1.00 bits per heavy atom. The Morgan fingerprint density at radius 2 is 1.76 bits per heavy atom. The first-order valence-electron chi connectivity index (χ1n) is 9.71. The van der Waals surface area contributed by atoms with Gasteiger partial charge in [-0.2, -0.15) is 5.10 Å². The molecular weight excluding hydrogens is 360 g/mol. The third-order valence-electron chi connectivity index (χ3n) is 5.32. The van der Waals surface area contributed by atoms with Gasteiger partial charge >= 0.3 is 0 Å². The van der Waals surface area contributed by atoms with Crippen molar-refractivity contribution in [2.45, 2.75) is 26.8 Å². The van der Waals surface area contributed by atoms with Crippen LogP contribution >= 0.6 is 0 Å². The average molecular weight is 384 g/mol. The molecule has 5 nitrogen and oxygen atoms in total. The minimum absolute atomic E-state index is 0.0643. The van der Waals surface area contributed by atoms with Gasteiger partial charge in [0.1, 0.15) is 0 Å². The van der Waals surface area contributed by atoms with E-state index in [0.717, 1.165) is 39.1 Å². The van der Waals surface area contributed by atoms with Gasteiger partial charge in [-0.1, -0.05) is 42.5 Å². The Balaban J connectivity index is 1.54. The monoisotopic (exact) mass is 384 g/mol. The third-order valence-corrected chi connectivity index (χ3v) is 5.32. The minimum Gasteiger partial charge on any atom is -0.341 e. The number of para-hydroxylation sites is 2. The molecule has 2 aromatic carbocycles. The molecule has 5 heteroatoms. The Bertz CT molecular complexity index is 1160. The molecule has 0 aliphatic heterocycles. The zero-order valence-corrected chi connectivity index (χ0v) is 17.0. The molecule has 0 bridgehead atoms. The van der Waals surface area contributed by atoms with Gasteiger partial charge in [0.05, 0.1) is 23.3 Å². The van der Waals surface area contributed by atoms with Crippen molar-refractivity contribution in [1.29, 1.82) is 0 Å². The van der Waals surface area contributed by atoms with Crippen molar-refractivity contribution < 1.29 is 4.79 Å². The number of hydrogen-bond donors (Lipinski definition) is 0. The summed E-state index contributed by atoms with van der Waals surface area (Å²) in [6.45, 7) is 4.57. The van der Waals surface area contributed by atoms with E-state index < -0.39 is 0 Å². The Kier molecular flexibility index (Phi) is 5.12. The summed E-state index contributed by atoms with van der Waals surface area (Å²) < 4.78 is 1.94.